The highest BCUT2D eigenvalue weighted by molar-refractivity contribution is 6.32. The van der Waals surface area contributed by atoms with Gasteiger partial charge in [0.15, 0.2) is 11.8 Å². The summed E-state index contributed by atoms with van der Waals surface area (Å²) in [5.41, 5.74) is 2.88. The number of nitrogens with zero attached hydrogens (tertiary/aromatic N) is 3. The van der Waals surface area contributed by atoms with E-state index in [2.05, 4.69) is 30.2 Å². The SMILES string of the molecule is O[C@@H]1CO[C@H]2C1OC[C@H]2Oc1nc2nc(OCCNc3nc4ccccc4[nH]3)c(Cl)cc2[nH]1. The molecule has 172 valence electrons. The number of benzene rings is 1. The van der Waals surface area contributed by atoms with Crippen LogP contribution in [0.2, 0.25) is 5.02 Å². The molecule has 6 rings (SSSR count). The van der Waals surface area contributed by atoms with Crippen LogP contribution in [-0.4, -0.2) is 80.8 Å². The molecule has 2 aliphatic heterocycles. The number of pyridine rings is 1. The lowest BCUT2D eigenvalue weighted by Crippen LogP contribution is -2.34. The Kier molecular flexibility index (Phi) is 5.18. The second-order valence-corrected chi connectivity index (χ2v) is 8.29. The molecular formula is C21H21ClN6O5. The third kappa shape index (κ3) is 3.93. The Morgan fingerprint density at radius 2 is 1.97 bits per heavy atom. The minimum absolute atomic E-state index is 0.235. The Balaban J connectivity index is 1.08. The molecule has 0 bridgehead atoms. The molecule has 1 unspecified atom stereocenters. The number of halogens is 1. The van der Waals surface area contributed by atoms with Crippen molar-refractivity contribution in [3.8, 4) is 11.9 Å². The van der Waals surface area contributed by atoms with Crippen molar-refractivity contribution in [1.82, 2.24) is 24.9 Å². The van der Waals surface area contributed by atoms with Gasteiger partial charge in [0.1, 0.15) is 29.9 Å². The highest BCUT2D eigenvalue weighted by Crippen LogP contribution is 2.31. The van der Waals surface area contributed by atoms with Gasteiger partial charge in [0.2, 0.25) is 11.8 Å². The van der Waals surface area contributed by atoms with E-state index in [1.54, 1.807) is 6.07 Å². The van der Waals surface area contributed by atoms with Crippen LogP contribution < -0.4 is 14.8 Å². The number of hydrogen-bond donors (Lipinski definition) is 4. The van der Waals surface area contributed by atoms with Crippen LogP contribution in [0.5, 0.6) is 11.9 Å². The van der Waals surface area contributed by atoms with Gasteiger partial charge >= 0.3 is 0 Å². The molecule has 2 aliphatic rings. The third-order valence-corrected chi connectivity index (χ3v) is 5.91. The molecule has 0 spiro atoms. The van der Waals surface area contributed by atoms with Gasteiger partial charge in [-0.25, -0.2) is 4.98 Å². The fraction of sp³-hybridized carbons (Fsp3) is 0.381. The van der Waals surface area contributed by atoms with Crippen LogP contribution in [0.25, 0.3) is 22.2 Å². The van der Waals surface area contributed by atoms with E-state index in [-0.39, 0.29) is 36.8 Å². The maximum absolute atomic E-state index is 9.87. The summed E-state index contributed by atoms with van der Waals surface area (Å²) in [6.07, 6.45) is -1.72. The molecule has 4 aromatic rings. The van der Waals surface area contributed by atoms with Gasteiger partial charge in [-0.3, -0.25) is 0 Å². The molecule has 11 nitrogen and oxygen atoms in total. The first-order valence-corrected chi connectivity index (χ1v) is 11.0. The number of aliphatic hydroxyl groups is 1. The number of H-pyrrole nitrogens is 2. The van der Waals surface area contributed by atoms with Crippen molar-refractivity contribution >= 4 is 39.7 Å². The summed E-state index contributed by atoms with van der Waals surface area (Å²) in [5, 5.41) is 13.4. The molecule has 3 aromatic heterocycles. The number of aromatic amines is 2. The van der Waals surface area contributed by atoms with Crippen LogP contribution in [0, 0.1) is 0 Å². The first-order chi connectivity index (χ1) is 16.1. The van der Waals surface area contributed by atoms with Crippen LogP contribution in [0.4, 0.5) is 5.95 Å². The maximum Gasteiger partial charge on any atom is 0.296 e. The maximum atomic E-state index is 9.87. The fourth-order valence-electron chi connectivity index (χ4n) is 4.08. The van der Waals surface area contributed by atoms with Gasteiger partial charge in [0, 0.05) is 0 Å². The lowest BCUT2D eigenvalue weighted by Gasteiger charge is -2.15. The van der Waals surface area contributed by atoms with Crippen molar-refractivity contribution in [3.05, 3.63) is 35.4 Å². The summed E-state index contributed by atoms with van der Waals surface area (Å²) < 4.78 is 22.8. The zero-order valence-corrected chi connectivity index (χ0v) is 18.1. The summed E-state index contributed by atoms with van der Waals surface area (Å²) in [7, 11) is 0. The van der Waals surface area contributed by atoms with Gasteiger partial charge in [0.05, 0.1) is 36.3 Å². The number of hydrogen-bond acceptors (Lipinski definition) is 9. The zero-order chi connectivity index (χ0) is 22.4. The van der Waals surface area contributed by atoms with Gasteiger partial charge in [-0.1, -0.05) is 23.7 Å². The molecule has 2 saturated heterocycles. The summed E-state index contributed by atoms with van der Waals surface area (Å²) >= 11 is 6.34. The Morgan fingerprint density at radius 1 is 1.09 bits per heavy atom. The monoisotopic (exact) mass is 472 g/mol. The molecule has 0 saturated carbocycles. The van der Waals surface area contributed by atoms with Crippen LogP contribution in [-0.2, 0) is 9.47 Å². The van der Waals surface area contributed by atoms with E-state index < -0.39 is 6.10 Å². The van der Waals surface area contributed by atoms with Crippen LogP contribution in [0.3, 0.4) is 0 Å². The smallest absolute Gasteiger partial charge is 0.296 e. The molecule has 12 heteroatoms. The van der Waals surface area contributed by atoms with Gasteiger partial charge in [-0.05, 0) is 18.2 Å². The summed E-state index contributed by atoms with van der Waals surface area (Å²) in [6.45, 7) is 1.37. The molecular weight excluding hydrogens is 452 g/mol. The van der Waals surface area contributed by atoms with Crippen molar-refractivity contribution in [2.45, 2.75) is 24.4 Å². The Morgan fingerprint density at radius 3 is 2.88 bits per heavy atom. The number of fused-ring (bicyclic) bond motifs is 3. The topological polar surface area (TPSA) is 139 Å². The predicted octanol–water partition coefficient (Wildman–Crippen LogP) is 1.88. The molecule has 4 atom stereocenters. The quantitative estimate of drug-likeness (QED) is 0.297. The molecule has 1 aromatic carbocycles. The fourth-order valence-corrected chi connectivity index (χ4v) is 4.28. The second kappa shape index (κ2) is 8.34. The van der Waals surface area contributed by atoms with E-state index in [1.165, 1.54) is 0 Å². The van der Waals surface area contributed by atoms with Crippen molar-refractivity contribution in [3.63, 3.8) is 0 Å². The molecule has 0 amide bonds. The lowest BCUT2D eigenvalue weighted by molar-refractivity contribution is 0.00706. The lowest BCUT2D eigenvalue weighted by atomic mass is 10.1. The average molecular weight is 473 g/mol. The van der Waals surface area contributed by atoms with E-state index in [0.717, 1.165) is 11.0 Å². The molecule has 33 heavy (non-hydrogen) atoms. The van der Waals surface area contributed by atoms with Crippen molar-refractivity contribution in [1.29, 1.82) is 0 Å². The third-order valence-electron chi connectivity index (χ3n) is 5.64. The second-order valence-electron chi connectivity index (χ2n) is 7.89. The average Bonchev–Trinajstić information content (AvgIpc) is 3.56. The van der Waals surface area contributed by atoms with E-state index in [0.29, 0.717) is 41.9 Å². The summed E-state index contributed by atoms with van der Waals surface area (Å²) in [4.78, 5) is 19.5. The van der Waals surface area contributed by atoms with Crippen molar-refractivity contribution < 1.29 is 24.1 Å². The first-order valence-electron chi connectivity index (χ1n) is 10.6. The Bertz CT molecular complexity index is 1260. The van der Waals surface area contributed by atoms with Gasteiger partial charge in [-0.2, -0.15) is 9.97 Å². The number of nitrogens with one attached hydrogen (secondary N) is 3. The largest absolute Gasteiger partial charge is 0.475 e. The number of rotatable bonds is 7. The number of aliphatic hydroxyl groups excluding tert-OH is 1. The molecule has 0 aliphatic carbocycles. The number of anilines is 1. The van der Waals surface area contributed by atoms with Crippen molar-refractivity contribution in [2.75, 3.05) is 31.7 Å². The van der Waals surface area contributed by atoms with Gasteiger partial charge in [-0.15, -0.1) is 0 Å². The summed E-state index contributed by atoms with van der Waals surface area (Å²) in [5.74, 6) is 0.945. The van der Waals surface area contributed by atoms with Crippen LogP contribution in [0.15, 0.2) is 30.3 Å². The minimum Gasteiger partial charge on any atom is -0.475 e. The number of aromatic nitrogens is 5. The number of para-hydroxylation sites is 2. The van der Waals surface area contributed by atoms with Crippen molar-refractivity contribution in [2.24, 2.45) is 0 Å². The van der Waals surface area contributed by atoms with E-state index in [4.69, 9.17) is 30.5 Å². The molecule has 4 N–H and O–H groups in total. The molecule has 0 radical (unpaired) electrons. The first kappa shape index (κ1) is 20.5. The van der Waals surface area contributed by atoms with Crippen LogP contribution in [0.1, 0.15) is 0 Å². The highest BCUT2D eigenvalue weighted by atomic mass is 35.5. The molecule has 5 heterocycles. The zero-order valence-electron chi connectivity index (χ0n) is 17.3. The summed E-state index contributed by atoms with van der Waals surface area (Å²) in [6, 6.07) is 9.76. The highest BCUT2D eigenvalue weighted by Gasteiger charge is 2.48. The Hall–Kier alpha value is -3.12. The van der Waals surface area contributed by atoms with E-state index in [1.807, 2.05) is 24.3 Å². The Labute approximate surface area is 192 Å². The minimum atomic E-state index is -0.638. The van der Waals surface area contributed by atoms with E-state index in [9.17, 15) is 5.11 Å². The number of ether oxygens (including phenoxy) is 4. The van der Waals surface area contributed by atoms with E-state index >= 15 is 0 Å². The van der Waals surface area contributed by atoms with Gasteiger partial charge in [0.25, 0.3) is 6.01 Å². The normalized spacial score (nSPS) is 24.4. The van der Waals surface area contributed by atoms with Crippen LogP contribution >= 0.6 is 11.6 Å². The number of imidazole rings is 2. The van der Waals surface area contributed by atoms with Gasteiger partial charge < -0.3 is 39.3 Å². The predicted molar refractivity (Wildman–Crippen MR) is 119 cm³/mol. The standard InChI is InChI=1S/C21H21ClN6O5/c22-10-7-13-18(28-21(26-13)33-15-9-32-16-14(29)8-31-17(15)16)27-19(10)30-6-5-23-20-24-11-3-1-2-4-12(11)25-20/h1-4,7,14-17,29H,5-6,8-9H2,(H2,23,24,25)(H,26,27,28)/t14-,15-,16?,17-/m1/s1. The molecule has 2 fully saturated rings.